The predicted molar refractivity (Wildman–Crippen MR) is 46.4 cm³/mol. The lowest BCUT2D eigenvalue weighted by Crippen LogP contribution is -2.06. The second-order valence-corrected chi connectivity index (χ2v) is 4.39. The SMILES string of the molecule is FC(F)(F)c1nsc(SCCCl)n1. The Hall–Kier alpha value is -0.0100. The highest BCUT2D eigenvalue weighted by molar-refractivity contribution is 8.01. The van der Waals surface area contributed by atoms with Gasteiger partial charge in [-0.25, -0.2) is 4.98 Å². The fourth-order valence-electron chi connectivity index (χ4n) is 0.509. The normalized spacial score (nSPS) is 12.0. The highest BCUT2D eigenvalue weighted by atomic mass is 35.5. The lowest BCUT2D eigenvalue weighted by molar-refractivity contribution is -0.144. The van der Waals surface area contributed by atoms with Gasteiger partial charge in [-0.3, -0.25) is 0 Å². The lowest BCUT2D eigenvalue weighted by Gasteiger charge is -1.97. The van der Waals surface area contributed by atoms with Crippen molar-refractivity contribution in [2.75, 3.05) is 11.6 Å². The lowest BCUT2D eigenvalue weighted by atomic mass is 10.6. The first-order valence-corrected chi connectivity index (χ1v) is 5.43. The molecule has 0 aliphatic heterocycles. The molecule has 13 heavy (non-hydrogen) atoms. The molecule has 0 aliphatic rings. The van der Waals surface area contributed by atoms with Gasteiger partial charge in [0.1, 0.15) is 0 Å². The molecular weight excluding hydrogens is 245 g/mol. The third-order valence-electron chi connectivity index (χ3n) is 0.964. The van der Waals surface area contributed by atoms with E-state index in [4.69, 9.17) is 11.6 Å². The van der Waals surface area contributed by atoms with E-state index in [9.17, 15) is 13.2 Å². The Bertz CT molecular complexity index is 275. The van der Waals surface area contributed by atoms with E-state index in [0.717, 1.165) is 11.5 Å². The molecule has 0 amide bonds. The van der Waals surface area contributed by atoms with E-state index in [1.54, 1.807) is 0 Å². The summed E-state index contributed by atoms with van der Waals surface area (Å²) >= 11 is 7.27. The van der Waals surface area contributed by atoms with Gasteiger partial charge >= 0.3 is 6.18 Å². The number of thioether (sulfide) groups is 1. The summed E-state index contributed by atoms with van der Waals surface area (Å²) in [5.41, 5.74) is 0. The molecule has 0 aromatic carbocycles. The van der Waals surface area contributed by atoms with Crippen molar-refractivity contribution >= 4 is 34.9 Å². The van der Waals surface area contributed by atoms with E-state index in [2.05, 4.69) is 9.36 Å². The second-order valence-electron chi connectivity index (χ2n) is 1.92. The molecule has 0 aliphatic carbocycles. The summed E-state index contributed by atoms with van der Waals surface area (Å²) in [6.45, 7) is 0. The van der Waals surface area contributed by atoms with E-state index in [0.29, 0.717) is 16.0 Å². The fourth-order valence-corrected chi connectivity index (χ4v) is 2.15. The van der Waals surface area contributed by atoms with Crippen molar-refractivity contribution in [2.45, 2.75) is 10.5 Å². The van der Waals surface area contributed by atoms with Crippen LogP contribution in [-0.2, 0) is 6.18 Å². The number of hydrogen-bond donors (Lipinski definition) is 0. The minimum atomic E-state index is -4.45. The van der Waals surface area contributed by atoms with Crippen LogP contribution in [0.1, 0.15) is 5.82 Å². The molecule has 8 heteroatoms. The summed E-state index contributed by atoms with van der Waals surface area (Å²) in [5.74, 6) is -0.158. The number of hydrogen-bond acceptors (Lipinski definition) is 4. The zero-order chi connectivity index (χ0) is 9.90. The van der Waals surface area contributed by atoms with Crippen molar-refractivity contribution in [3.63, 3.8) is 0 Å². The van der Waals surface area contributed by atoms with Crippen molar-refractivity contribution in [1.82, 2.24) is 9.36 Å². The van der Waals surface area contributed by atoms with Gasteiger partial charge in [-0.1, -0.05) is 11.8 Å². The Kier molecular flexibility index (Phi) is 3.81. The third-order valence-corrected chi connectivity index (χ3v) is 3.21. The van der Waals surface area contributed by atoms with Crippen LogP contribution in [0, 0.1) is 0 Å². The van der Waals surface area contributed by atoms with Crippen LogP contribution in [0.3, 0.4) is 0 Å². The minimum Gasteiger partial charge on any atom is -0.204 e. The smallest absolute Gasteiger partial charge is 0.204 e. The summed E-state index contributed by atoms with van der Waals surface area (Å²) in [6, 6.07) is 0. The van der Waals surface area contributed by atoms with Crippen LogP contribution in [-0.4, -0.2) is 21.0 Å². The largest absolute Gasteiger partial charge is 0.452 e. The standard InChI is InChI=1S/C5H4ClF3N2S2/c6-1-2-12-4-10-3(11-13-4)5(7,8)9/h1-2H2. The zero-order valence-corrected chi connectivity index (χ0v) is 8.53. The number of nitrogens with zero attached hydrogens (tertiary/aromatic N) is 2. The molecule has 0 N–H and O–H groups in total. The van der Waals surface area contributed by atoms with Gasteiger partial charge in [0.25, 0.3) is 0 Å². The van der Waals surface area contributed by atoms with Crippen molar-refractivity contribution in [1.29, 1.82) is 0 Å². The monoisotopic (exact) mass is 248 g/mol. The van der Waals surface area contributed by atoms with Crippen molar-refractivity contribution in [2.24, 2.45) is 0 Å². The summed E-state index contributed by atoms with van der Waals surface area (Å²) in [4.78, 5) is 3.31. The first kappa shape index (κ1) is 11.1. The average molecular weight is 249 g/mol. The van der Waals surface area contributed by atoms with Gasteiger partial charge in [-0.05, 0) is 11.5 Å². The minimum absolute atomic E-state index is 0.299. The Balaban J connectivity index is 2.64. The van der Waals surface area contributed by atoms with Crippen LogP contribution in [0.15, 0.2) is 4.34 Å². The first-order valence-electron chi connectivity index (χ1n) is 3.13. The summed E-state index contributed by atoms with van der Waals surface area (Å²) in [5, 5.41) is 0. The Morgan fingerprint density at radius 3 is 2.62 bits per heavy atom. The van der Waals surface area contributed by atoms with Gasteiger partial charge in [-0.2, -0.15) is 17.5 Å². The van der Waals surface area contributed by atoms with Crippen LogP contribution in [0.25, 0.3) is 0 Å². The van der Waals surface area contributed by atoms with Crippen LogP contribution < -0.4 is 0 Å². The Labute approximate surface area is 85.7 Å². The van der Waals surface area contributed by atoms with E-state index in [-0.39, 0.29) is 0 Å². The maximum Gasteiger partial charge on any atom is 0.452 e. The fraction of sp³-hybridized carbons (Fsp3) is 0.600. The van der Waals surface area contributed by atoms with Crippen LogP contribution in [0.2, 0.25) is 0 Å². The van der Waals surface area contributed by atoms with E-state index >= 15 is 0 Å². The second kappa shape index (κ2) is 4.47. The zero-order valence-electron chi connectivity index (χ0n) is 6.14. The molecule has 74 valence electrons. The van der Waals surface area contributed by atoms with E-state index in [1.165, 1.54) is 11.8 Å². The molecule has 0 unspecified atom stereocenters. The maximum absolute atomic E-state index is 12.0. The molecule has 0 saturated carbocycles. The van der Waals surface area contributed by atoms with Crippen molar-refractivity contribution in [3.8, 4) is 0 Å². The molecule has 0 saturated heterocycles. The highest BCUT2D eigenvalue weighted by Gasteiger charge is 2.35. The molecule has 0 atom stereocenters. The predicted octanol–water partition coefficient (Wildman–Crippen LogP) is 2.89. The van der Waals surface area contributed by atoms with Crippen LogP contribution >= 0.6 is 34.9 Å². The topological polar surface area (TPSA) is 25.8 Å². The number of aromatic nitrogens is 2. The number of halogens is 4. The van der Waals surface area contributed by atoms with Crippen molar-refractivity contribution in [3.05, 3.63) is 5.82 Å². The Morgan fingerprint density at radius 1 is 1.46 bits per heavy atom. The number of alkyl halides is 4. The molecule has 1 aromatic heterocycles. The van der Waals surface area contributed by atoms with Gasteiger partial charge < -0.3 is 0 Å². The van der Waals surface area contributed by atoms with Crippen molar-refractivity contribution < 1.29 is 13.2 Å². The summed E-state index contributed by atoms with van der Waals surface area (Å²) < 4.78 is 39.4. The number of rotatable bonds is 3. The molecule has 0 radical (unpaired) electrons. The molecule has 2 nitrogen and oxygen atoms in total. The average Bonchev–Trinajstić information content (AvgIpc) is 2.47. The molecule has 0 fully saturated rings. The van der Waals surface area contributed by atoms with Crippen LogP contribution in [0.4, 0.5) is 13.2 Å². The van der Waals surface area contributed by atoms with Gasteiger partial charge in [0, 0.05) is 11.6 Å². The van der Waals surface area contributed by atoms with Crippen LogP contribution in [0.5, 0.6) is 0 Å². The Morgan fingerprint density at radius 2 is 2.15 bits per heavy atom. The quantitative estimate of drug-likeness (QED) is 0.608. The third kappa shape index (κ3) is 3.32. The molecular formula is C5H4ClF3N2S2. The van der Waals surface area contributed by atoms with Gasteiger partial charge in [-0.15, -0.1) is 11.6 Å². The molecule has 0 bridgehead atoms. The molecule has 1 aromatic rings. The first-order chi connectivity index (χ1) is 6.04. The summed E-state index contributed by atoms with van der Waals surface area (Å²) in [7, 11) is 0. The van der Waals surface area contributed by atoms with Gasteiger partial charge in [0.2, 0.25) is 5.82 Å². The highest BCUT2D eigenvalue weighted by Crippen LogP contribution is 2.30. The van der Waals surface area contributed by atoms with Gasteiger partial charge in [0.15, 0.2) is 4.34 Å². The van der Waals surface area contributed by atoms with E-state index in [1.807, 2.05) is 0 Å². The van der Waals surface area contributed by atoms with E-state index < -0.39 is 12.0 Å². The summed E-state index contributed by atoms with van der Waals surface area (Å²) in [6.07, 6.45) is -4.45. The molecule has 1 heterocycles. The van der Waals surface area contributed by atoms with Gasteiger partial charge in [0.05, 0.1) is 0 Å². The molecule has 1 rings (SSSR count). The maximum atomic E-state index is 12.0. The molecule has 0 spiro atoms.